The summed E-state index contributed by atoms with van der Waals surface area (Å²) < 4.78 is 4.99. The third-order valence-corrected chi connectivity index (χ3v) is 2.35. The lowest BCUT2D eigenvalue weighted by molar-refractivity contribution is 0.421. The van der Waals surface area contributed by atoms with Crippen LogP contribution < -0.4 is 5.73 Å². The van der Waals surface area contributed by atoms with Gasteiger partial charge in [0, 0.05) is 11.1 Å². The summed E-state index contributed by atoms with van der Waals surface area (Å²) in [7, 11) is 0. The molecule has 0 bridgehead atoms. The predicted molar refractivity (Wildman–Crippen MR) is 59.4 cm³/mol. The van der Waals surface area contributed by atoms with Crippen molar-refractivity contribution in [1.82, 2.24) is 5.16 Å². The van der Waals surface area contributed by atoms with E-state index in [9.17, 15) is 0 Å². The number of aromatic nitrogens is 1. The molecule has 0 spiro atoms. The summed E-state index contributed by atoms with van der Waals surface area (Å²) in [6.45, 7) is 2.67. The van der Waals surface area contributed by atoms with Crippen LogP contribution in [0.3, 0.4) is 0 Å². The van der Waals surface area contributed by atoms with Crippen LogP contribution >= 0.6 is 0 Å². The van der Waals surface area contributed by atoms with Gasteiger partial charge in [-0.1, -0.05) is 28.9 Å². The Balaban J connectivity index is 2.40. The first-order chi connectivity index (χ1) is 7.31. The molecule has 1 heterocycles. The van der Waals surface area contributed by atoms with Gasteiger partial charge in [0.25, 0.3) is 0 Å². The van der Waals surface area contributed by atoms with Crippen LogP contribution in [0.2, 0.25) is 0 Å². The highest BCUT2D eigenvalue weighted by molar-refractivity contribution is 5.62. The van der Waals surface area contributed by atoms with Crippen molar-refractivity contribution in [2.45, 2.75) is 13.3 Å². The molecule has 0 unspecified atom stereocenters. The molecule has 2 aromatic rings. The van der Waals surface area contributed by atoms with E-state index < -0.39 is 0 Å². The van der Waals surface area contributed by atoms with Gasteiger partial charge in [-0.2, -0.15) is 0 Å². The third-order valence-electron chi connectivity index (χ3n) is 2.35. The summed E-state index contributed by atoms with van der Waals surface area (Å²) >= 11 is 0. The molecule has 2 rings (SSSR count). The molecule has 3 nitrogen and oxygen atoms in total. The molecular formula is C12H14N2O. The first kappa shape index (κ1) is 9.93. The van der Waals surface area contributed by atoms with Crippen molar-refractivity contribution < 1.29 is 4.52 Å². The SMILES string of the molecule is Cc1cccc(-c2nocc2CCN)c1. The molecule has 1 aromatic heterocycles. The maximum Gasteiger partial charge on any atom is 0.127 e. The van der Waals surface area contributed by atoms with E-state index in [-0.39, 0.29) is 0 Å². The smallest absolute Gasteiger partial charge is 0.127 e. The van der Waals surface area contributed by atoms with Gasteiger partial charge in [0.05, 0.1) is 0 Å². The predicted octanol–water partition coefficient (Wildman–Crippen LogP) is 2.15. The average molecular weight is 202 g/mol. The minimum Gasteiger partial charge on any atom is -0.364 e. The number of benzene rings is 1. The summed E-state index contributed by atoms with van der Waals surface area (Å²) in [4.78, 5) is 0. The summed E-state index contributed by atoms with van der Waals surface area (Å²) in [5.41, 5.74) is 9.81. The van der Waals surface area contributed by atoms with Crippen LogP contribution in [0.4, 0.5) is 0 Å². The molecule has 0 amide bonds. The molecule has 0 aliphatic carbocycles. The van der Waals surface area contributed by atoms with E-state index in [1.54, 1.807) is 6.26 Å². The van der Waals surface area contributed by atoms with Gasteiger partial charge in [-0.25, -0.2) is 0 Å². The molecule has 15 heavy (non-hydrogen) atoms. The number of hydrogen-bond acceptors (Lipinski definition) is 3. The quantitative estimate of drug-likeness (QED) is 0.829. The topological polar surface area (TPSA) is 52.0 Å². The molecule has 0 radical (unpaired) electrons. The van der Waals surface area contributed by atoms with Gasteiger partial charge in [0.2, 0.25) is 0 Å². The number of nitrogens with zero attached hydrogens (tertiary/aromatic N) is 1. The third kappa shape index (κ3) is 2.07. The van der Waals surface area contributed by atoms with Gasteiger partial charge in [-0.15, -0.1) is 0 Å². The summed E-state index contributed by atoms with van der Waals surface area (Å²) in [5.74, 6) is 0. The fourth-order valence-electron chi connectivity index (χ4n) is 1.62. The van der Waals surface area contributed by atoms with Crippen LogP contribution in [0.1, 0.15) is 11.1 Å². The number of rotatable bonds is 3. The Kier molecular flexibility index (Phi) is 2.83. The normalized spacial score (nSPS) is 10.5. The van der Waals surface area contributed by atoms with E-state index in [4.69, 9.17) is 10.3 Å². The molecule has 78 valence electrons. The first-order valence-electron chi connectivity index (χ1n) is 5.01. The minimum atomic E-state index is 0.611. The van der Waals surface area contributed by atoms with E-state index >= 15 is 0 Å². The second-order valence-electron chi connectivity index (χ2n) is 3.60. The van der Waals surface area contributed by atoms with Crippen molar-refractivity contribution >= 4 is 0 Å². The summed E-state index contributed by atoms with van der Waals surface area (Å²) in [5, 5.41) is 4.02. The Hall–Kier alpha value is -1.61. The molecule has 0 saturated carbocycles. The minimum absolute atomic E-state index is 0.611. The van der Waals surface area contributed by atoms with Crippen LogP contribution in [0, 0.1) is 6.92 Å². The Morgan fingerprint density at radius 2 is 2.27 bits per heavy atom. The molecule has 2 N–H and O–H groups in total. The standard InChI is InChI=1S/C12H14N2O/c1-9-3-2-4-10(7-9)12-11(5-6-13)8-15-14-12/h2-4,7-8H,5-6,13H2,1H3. The zero-order valence-corrected chi connectivity index (χ0v) is 8.73. The second-order valence-corrected chi connectivity index (χ2v) is 3.60. The number of nitrogens with two attached hydrogens (primary N) is 1. The van der Waals surface area contributed by atoms with E-state index in [0.717, 1.165) is 23.2 Å². The molecule has 0 atom stereocenters. The molecule has 1 aromatic carbocycles. The van der Waals surface area contributed by atoms with Crippen molar-refractivity contribution in [1.29, 1.82) is 0 Å². The molecule has 0 saturated heterocycles. The van der Waals surface area contributed by atoms with E-state index in [2.05, 4.69) is 24.2 Å². The van der Waals surface area contributed by atoms with Gasteiger partial charge in [-0.3, -0.25) is 0 Å². The van der Waals surface area contributed by atoms with Crippen LogP contribution in [0.5, 0.6) is 0 Å². The fourth-order valence-corrected chi connectivity index (χ4v) is 1.62. The summed E-state index contributed by atoms with van der Waals surface area (Å²) in [6, 6.07) is 8.21. The largest absolute Gasteiger partial charge is 0.364 e. The Morgan fingerprint density at radius 3 is 3.00 bits per heavy atom. The first-order valence-corrected chi connectivity index (χ1v) is 5.01. The molecule has 0 aliphatic rings. The zero-order valence-electron chi connectivity index (χ0n) is 8.73. The maximum atomic E-state index is 5.53. The van der Waals surface area contributed by atoms with Gasteiger partial charge in [-0.05, 0) is 26.0 Å². The Labute approximate surface area is 88.9 Å². The van der Waals surface area contributed by atoms with Crippen molar-refractivity contribution in [2.75, 3.05) is 6.54 Å². The lowest BCUT2D eigenvalue weighted by Gasteiger charge is -2.00. The van der Waals surface area contributed by atoms with Crippen molar-refractivity contribution in [3.05, 3.63) is 41.7 Å². The molecule has 3 heteroatoms. The van der Waals surface area contributed by atoms with E-state index in [0.29, 0.717) is 6.54 Å². The number of hydrogen-bond donors (Lipinski definition) is 1. The molecule has 0 fully saturated rings. The molecule has 0 aliphatic heterocycles. The highest BCUT2D eigenvalue weighted by Gasteiger charge is 2.08. The maximum absolute atomic E-state index is 5.53. The second kappa shape index (κ2) is 4.28. The summed E-state index contributed by atoms with van der Waals surface area (Å²) in [6.07, 6.45) is 2.47. The fraction of sp³-hybridized carbons (Fsp3) is 0.250. The monoisotopic (exact) mass is 202 g/mol. The van der Waals surface area contributed by atoms with Crippen molar-refractivity contribution in [3.63, 3.8) is 0 Å². The van der Waals surface area contributed by atoms with Gasteiger partial charge >= 0.3 is 0 Å². The van der Waals surface area contributed by atoms with E-state index in [1.807, 2.05) is 12.1 Å². The van der Waals surface area contributed by atoms with Gasteiger partial charge < -0.3 is 10.3 Å². The average Bonchev–Trinajstić information content (AvgIpc) is 2.66. The highest BCUT2D eigenvalue weighted by Crippen LogP contribution is 2.22. The van der Waals surface area contributed by atoms with E-state index in [1.165, 1.54) is 5.56 Å². The highest BCUT2D eigenvalue weighted by atomic mass is 16.5. The van der Waals surface area contributed by atoms with Crippen LogP contribution in [-0.2, 0) is 6.42 Å². The number of aryl methyl sites for hydroxylation is 1. The lowest BCUT2D eigenvalue weighted by Crippen LogP contribution is -2.02. The lowest BCUT2D eigenvalue weighted by atomic mass is 10.0. The van der Waals surface area contributed by atoms with Crippen LogP contribution in [0.25, 0.3) is 11.3 Å². The van der Waals surface area contributed by atoms with Gasteiger partial charge in [0.1, 0.15) is 12.0 Å². The van der Waals surface area contributed by atoms with Gasteiger partial charge in [0.15, 0.2) is 0 Å². The van der Waals surface area contributed by atoms with Crippen molar-refractivity contribution in [2.24, 2.45) is 5.73 Å². The van der Waals surface area contributed by atoms with Crippen LogP contribution in [0.15, 0.2) is 35.1 Å². The molecular weight excluding hydrogens is 188 g/mol. The Bertz CT molecular complexity index is 448. The van der Waals surface area contributed by atoms with Crippen LogP contribution in [-0.4, -0.2) is 11.7 Å². The zero-order chi connectivity index (χ0) is 10.7. The Morgan fingerprint density at radius 1 is 1.40 bits per heavy atom. The van der Waals surface area contributed by atoms with Crippen molar-refractivity contribution in [3.8, 4) is 11.3 Å².